The molecular formula is C19H33ClN12O. The summed E-state index contributed by atoms with van der Waals surface area (Å²) in [6.45, 7) is 3.88. The Labute approximate surface area is 197 Å². The van der Waals surface area contributed by atoms with E-state index in [1.807, 2.05) is 0 Å². The second kappa shape index (κ2) is 10.5. The summed E-state index contributed by atoms with van der Waals surface area (Å²) < 4.78 is 0. The Kier molecular flexibility index (Phi) is 7.66. The van der Waals surface area contributed by atoms with E-state index in [1.165, 1.54) is 38.6 Å². The lowest BCUT2D eigenvalue weighted by Gasteiger charge is -2.41. The molecule has 3 heterocycles. The van der Waals surface area contributed by atoms with Crippen molar-refractivity contribution in [3.8, 4) is 0 Å². The molecule has 0 aromatic carbocycles. The van der Waals surface area contributed by atoms with Crippen molar-refractivity contribution in [2.24, 2.45) is 37.9 Å². The Bertz CT molecular complexity index is 831. The smallest absolute Gasteiger partial charge is 0.255 e. The lowest BCUT2D eigenvalue weighted by atomic mass is 9.85. The largest absolute Gasteiger partial charge is 0.325 e. The zero-order chi connectivity index (χ0) is 23.4. The van der Waals surface area contributed by atoms with Gasteiger partial charge in [0.1, 0.15) is 6.29 Å². The van der Waals surface area contributed by atoms with Crippen LogP contribution in [0.4, 0.5) is 0 Å². The molecule has 1 aliphatic carbocycles. The SMILES string of the molecule is N=NN=C1N=C(NN)C(C(=O)NC2NC3(CCN(CC4CCCCC4)CC3)CN2N)N=C1Cl. The summed E-state index contributed by atoms with van der Waals surface area (Å²) in [7, 11) is 0. The van der Waals surface area contributed by atoms with Crippen LogP contribution in [0.3, 0.4) is 0 Å². The molecule has 2 saturated heterocycles. The Morgan fingerprint density at radius 2 is 2.03 bits per heavy atom. The minimum atomic E-state index is -1.09. The van der Waals surface area contributed by atoms with Gasteiger partial charge in [-0.3, -0.25) is 16.0 Å². The Hall–Kier alpha value is -2.03. The van der Waals surface area contributed by atoms with Crippen LogP contribution in [0.1, 0.15) is 44.9 Å². The number of amides is 1. The molecule has 3 fully saturated rings. The average molecular weight is 481 g/mol. The Morgan fingerprint density at radius 1 is 1.30 bits per heavy atom. The fraction of sp³-hybridized carbons (Fsp3) is 0.789. The molecule has 0 bridgehead atoms. The maximum atomic E-state index is 12.9. The fourth-order valence-corrected chi connectivity index (χ4v) is 5.43. The van der Waals surface area contributed by atoms with Gasteiger partial charge >= 0.3 is 0 Å². The van der Waals surface area contributed by atoms with E-state index in [9.17, 15) is 4.79 Å². The van der Waals surface area contributed by atoms with E-state index in [0.717, 1.165) is 31.8 Å². The molecule has 14 heteroatoms. The van der Waals surface area contributed by atoms with Gasteiger partial charge in [0, 0.05) is 18.6 Å². The number of nitrogens with two attached hydrogens (primary N) is 2. The molecule has 4 rings (SSSR count). The minimum Gasteiger partial charge on any atom is -0.325 e. The van der Waals surface area contributed by atoms with Crippen LogP contribution in [-0.2, 0) is 4.79 Å². The molecular weight excluding hydrogens is 448 g/mol. The zero-order valence-corrected chi connectivity index (χ0v) is 19.4. The Morgan fingerprint density at radius 3 is 2.70 bits per heavy atom. The van der Waals surface area contributed by atoms with Gasteiger partial charge in [-0.2, -0.15) is 5.53 Å². The molecule has 3 aliphatic heterocycles. The lowest BCUT2D eigenvalue weighted by molar-refractivity contribution is -0.122. The first-order valence-electron chi connectivity index (χ1n) is 11.5. The summed E-state index contributed by atoms with van der Waals surface area (Å²) in [6.07, 6.45) is 8.22. The summed E-state index contributed by atoms with van der Waals surface area (Å²) in [6, 6.07) is -1.09. The molecule has 1 saturated carbocycles. The maximum absolute atomic E-state index is 12.9. The van der Waals surface area contributed by atoms with Gasteiger partial charge < -0.3 is 15.6 Å². The number of aliphatic imine (C=N–C) groups is 2. The molecule has 4 aliphatic rings. The van der Waals surface area contributed by atoms with Crippen LogP contribution in [0.2, 0.25) is 0 Å². The van der Waals surface area contributed by atoms with Gasteiger partial charge in [-0.05, 0) is 44.7 Å². The van der Waals surface area contributed by atoms with Gasteiger partial charge in [0.25, 0.3) is 5.91 Å². The predicted octanol–water partition coefficient (Wildman–Crippen LogP) is -0.194. The first kappa shape index (κ1) is 24.1. The predicted molar refractivity (Wildman–Crippen MR) is 125 cm³/mol. The van der Waals surface area contributed by atoms with Crippen molar-refractivity contribution in [1.29, 1.82) is 5.53 Å². The van der Waals surface area contributed by atoms with Gasteiger partial charge in [0.05, 0.1) is 0 Å². The number of rotatable bonds is 5. The van der Waals surface area contributed by atoms with Crippen molar-refractivity contribution in [2.75, 3.05) is 26.2 Å². The summed E-state index contributed by atoms with van der Waals surface area (Å²) >= 11 is 6.03. The zero-order valence-electron chi connectivity index (χ0n) is 18.6. The maximum Gasteiger partial charge on any atom is 0.255 e. The summed E-state index contributed by atoms with van der Waals surface area (Å²) in [5.74, 6) is 12.1. The first-order valence-corrected chi connectivity index (χ1v) is 11.9. The number of hydrazine groups is 2. The molecule has 1 spiro atoms. The number of carbonyl (C=O) groups is 1. The van der Waals surface area contributed by atoms with E-state index in [2.05, 4.69) is 41.3 Å². The van der Waals surface area contributed by atoms with E-state index < -0.39 is 18.2 Å². The van der Waals surface area contributed by atoms with Gasteiger partial charge in [-0.1, -0.05) is 36.1 Å². The number of hydrogen-bond acceptors (Lipinski definition) is 10. The third kappa shape index (κ3) is 5.55. The van der Waals surface area contributed by atoms with E-state index in [0.29, 0.717) is 6.54 Å². The van der Waals surface area contributed by atoms with Crippen molar-refractivity contribution in [1.82, 2.24) is 26.0 Å². The van der Waals surface area contributed by atoms with E-state index >= 15 is 0 Å². The quantitative estimate of drug-likeness (QED) is 0.179. The molecule has 13 nitrogen and oxygen atoms in total. The number of amidine groups is 2. The second-order valence-electron chi connectivity index (χ2n) is 9.30. The number of hydrogen-bond donors (Lipinski definition) is 6. The molecule has 2 atom stereocenters. The van der Waals surface area contributed by atoms with Crippen molar-refractivity contribution >= 4 is 34.4 Å². The summed E-state index contributed by atoms with van der Waals surface area (Å²) in [5, 5.41) is 14.2. The highest BCUT2D eigenvalue weighted by Gasteiger charge is 2.45. The van der Waals surface area contributed by atoms with E-state index in [4.69, 9.17) is 28.8 Å². The van der Waals surface area contributed by atoms with Gasteiger partial charge in [-0.25, -0.2) is 20.8 Å². The summed E-state index contributed by atoms with van der Waals surface area (Å²) in [5.41, 5.74) is 9.03. The normalized spacial score (nSPS) is 30.2. The number of nitrogens with one attached hydrogen (secondary N) is 4. The molecule has 33 heavy (non-hydrogen) atoms. The molecule has 8 N–H and O–H groups in total. The first-order chi connectivity index (χ1) is 15.9. The number of nitrogens with zero attached hydrogens (tertiary/aromatic N) is 6. The van der Waals surface area contributed by atoms with Gasteiger partial charge in [0.15, 0.2) is 17.0 Å². The molecule has 0 radical (unpaired) electrons. The average Bonchev–Trinajstić information content (AvgIpc) is 3.11. The highest BCUT2D eigenvalue weighted by Crippen LogP contribution is 2.30. The van der Waals surface area contributed by atoms with Crippen LogP contribution in [0.25, 0.3) is 0 Å². The number of piperidine rings is 1. The van der Waals surface area contributed by atoms with Crippen LogP contribution >= 0.6 is 11.6 Å². The molecule has 1 amide bonds. The monoisotopic (exact) mass is 480 g/mol. The second-order valence-corrected chi connectivity index (χ2v) is 9.66. The number of halogens is 1. The lowest BCUT2D eigenvalue weighted by Crippen LogP contribution is -2.60. The van der Waals surface area contributed by atoms with E-state index in [-0.39, 0.29) is 22.4 Å². The van der Waals surface area contributed by atoms with E-state index in [1.54, 1.807) is 5.01 Å². The van der Waals surface area contributed by atoms with Crippen molar-refractivity contribution in [3.05, 3.63) is 0 Å². The van der Waals surface area contributed by atoms with Gasteiger partial charge in [0.2, 0.25) is 5.84 Å². The van der Waals surface area contributed by atoms with Crippen LogP contribution < -0.4 is 27.7 Å². The Balaban J connectivity index is 1.33. The highest BCUT2D eigenvalue weighted by molar-refractivity contribution is 6.84. The highest BCUT2D eigenvalue weighted by atomic mass is 35.5. The third-order valence-electron chi connectivity index (χ3n) is 7.05. The molecule has 0 aromatic rings. The van der Waals surface area contributed by atoms with Crippen molar-refractivity contribution in [2.45, 2.75) is 62.8 Å². The van der Waals surface area contributed by atoms with Crippen molar-refractivity contribution < 1.29 is 4.79 Å². The van der Waals surface area contributed by atoms with Crippen LogP contribution in [-0.4, -0.2) is 76.7 Å². The molecule has 182 valence electrons. The standard InChI is InChI=1S/C19H33ClN12O/c20-14-16(29-30-22)25-15(28-21)13(24-14)17(33)26-18-27-19(11-32(18)23)6-8-31(9-7-19)10-12-4-2-1-3-5-12/h12-13,18,27H,1-11,21,23H2,(H,26,33)(H2,22,25,28,29). The third-order valence-corrected chi connectivity index (χ3v) is 7.31. The van der Waals surface area contributed by atoms with Crippen molar-refractivity contribution in [3.63, 3.8) is 0 Å². The van der Waals surface area contributed by atoms with Gasteiger partial charge in [-0.15, -0.1) is 5.10 Å². The topological polar surface area (TPSA) is 185 Å². The minimum absolute atomic E-state index is 0.0478. The van der Waals surface area contributed by atoms with Crippen LogP contribution in [0.15, 0.2) is 20.3 Å². The van der Waals surface area contributed by atoms with Crippen LogP contribution in [0.5, 0.6) is 0 Å². The van der Waals surface area contributed by atoms with Crippen LogP contribution in [0, 0.1) is 11.4 Å². The fourth-order valence-electron chi connectivity index (χ4n) is 5.25. The summed E-state index contributed by atoms with van der Waals surface area (Å²) in [4.78, 5) is 23.6. The molecule has 0 aromatic heterocycles. The number of likely N-dealkylation sites (tertiary alicyclic amines) is 1. The number of carbonyl (C=O) groups excluding carboxylic acids is 1. The molecule has 2 unspecified atom stereocenters.